The quantitative estimate of drug-likeness (QED) is 0.265. The van der Waals surface area contributed by atoms with Crippen molar-refractivity contribution in [3.63, 3.8) is 0 Å². The van der Waals surface area contributed by atoms with E-state index in [9.17, 15) is 26.7 Å². The van der Waals surface area contributed by atoms with Crippen LogP contribution in [0.2, 0.25) is 0 Å². The lowest BCUT2D eigenvalue weighted by Gasteiger charge is -2.24. The van der Waals surface area contributed by atoms with Gasteiger partial charge in [0, 0.05) is 5.56 Å². The molecule has 172 valence electrons. The van der Waals surface area contributed by atoms with Crippen LogP contribution in [0.25, 0.3) is 11.0 Å². The molecule has 2 aromatic heterocycles. The smallest absolute Gasteiger partial charge is 0.433 e. The van der Waals surface area contributed by atoms with E-state index >= 15 is 0 Å². The molecule has 0 saturated carbocycles. The summed E-state index contributed by atoms with van der Waals surface area (Å²) in [5.74, 6) is -1.40. The molecule has 1 N–H and O–H groups in total. The van der Waals surface area contributed by atoms with Gasteiger partial charge in [-0.25, -0.2) is 23.5 Å². The monoisotopic (exact) mass is 473 g/mol. The van der Waals surface area contributed by atoms with Crippen molar-refractivity contribution in [2.24, 2.45) is 5.92 Å². The number of ether oxygens (including phenoxy) is 1. The molecule has 0 radical (unpaired) electrons. The summed E-state index contributed by atoms with van der Waals surface area (Å²) in [5.41, 5.74) is -3.15. The van der Waals surface area contributed by atoms with Crippen LogP contribution in [0, 0.1) is 5.92 Å². The van der Waals surface area contributed by atoms with Crippen LogP contribution in [-0.4, -0.2) is 28.0 Å². The van der Waals surface area contributed by atoms with Gasteiger partial charge in [0.25, 0.3) is 6.43 Å². The predicted molar refractivity (Wildman–Crippen MR) is 111 cm³/mol. The number of hydrogen-bond donors (Lipinski definition) is 2. The molecule has 5 nitrogen and oxygen atoms in total. The maximum Gasteiger partial charge on any atom is 0.433 e. The first-order valence-corrected chi connectivity index (χ1v) is 10.1. The molecule has 0 bridgehead atoms. The minimum absolute atomic E-state index is 0.0625. The summed E-state index contributed by atoms with van der Waals surface area (Å²) in [6.45, 7) is 3.38. The Kier molecular flexibility index (Phi) is 6.77. The highest BCUT2D eigenvalue weighted by Crippen LogP contribution is 2.43. The first-order chi connectivity index (χ1) is 15.0. The Morgan fingerprint density at radius 2 is 1.84 bits per heavy atom. The fourth-order valence-corrected chi connectivity index (χ4v) is 3.93. The minimum Gasteiger partial charge on any atom is -0.465 e. The zero-order valence-electron chi connectivity index (χ0n) is 17.3. The highest BCUT2D eigenvalue weighted by atomic mass is 32.1. The second-order valence-corrected chi connectivity index (χ2v) is 8.06. The van der Waals surface area contributed by atoms with Crippen LogP contribution in [0.1, 0.15) is 64.2 Å². The van der Waals surface area contributed by atoms with Crippen LogP contribution in [0.5, 0.6) is 0 Å². The number of para-hydroxylation sites is 2. The van der Waals surface area contributed by atoms with E-state index in [1.165, 1.54) is 0 Å². The Balaban J connectivity index is 2.40. The number of carbonyl (C=O) groups excluding carboxylic acids is 1. The molecule has 2 heterocycles. The lowest BCUT2D eigenvalue weighted by molar-refractivity contribution is -0.142. The summed E-state index contributed by atoms with van der Waals surface area (Å²) in [5, 5.41) is -1.32. The molecule has 0 aliphatic rings. The van der Waals surface area contributed by atoms with Crippen molar-refractivity contribution >= 4 is 29.6 Å². The average molecular weight is 473 g/mol. The van der Waals surface area contributed by atoms with Crippen molar-refractivity contribution in [2.75, 3.05) is 7.11 Å². The number of aromatic nitrogens is 3. The Hall–Kier alpha value is -2.69. The Bertz CT molecular complexity index is 1110. The maximum atomic E-state index is 14.0. The van der Waals surface area contributed by atoms with Gasteiger partial charge in [0.1, 0.15) is 17.2 Å². The summed E-state index contributed by atoms with van der Waals surface area (Å²) >= 11 is 4.37. The summed E-state index contributed by atoms with van der Waals surface area (Å²) in [4.78, 5) is 22.8. The van der Waals surface area contributed by atoms with E-state index in [4.69, 9.17) is 0 Å². The molecule has 32 heavy (non-hydrogen) atoms. The topological polar surface area (TPSA) is 67.9 Å². The first-order valence-electron chi connectivity index (χ1n) is 9.58. The summed E-state index contributed by atoms with van der Waals surface area (Å²) in [7, 11) is 0.964. The number of esters is 1. The van der Waals surface area contributed by atoms with Crippen LogP contribution in [-0.2, 0) is 17.3 Å². The second kappa shape index (κ2) is 9.05. The highest BCUT2D eigenvalue weighted by molar-refractivity contribution is 7.80. The fourth-order valence-electron chi connectivity index (χ4n) is 3.53. The van der Waals surface area contributed by atoms with Gasteiger partial charge < -0.3 is 9.72 Å². The van der Waals surface area contributed by atoms with Crippen molar-refractivity contribution in [1.29, 1.82) is 0 Å². The van der Waals surface area contributed by atoms with Gasteiger partial charge in [-0.3, -0.25) is 0 Å². The lowest BCUT2D eigenvalue weighted by atomic mass is 9.89. The largest absolute Gasteiger partial charge is 0.465 e. The van der Waals surface area contributed by atoms with Gasteiger partial charge in [-0.1, -0.05) is 26.0 Å². The van der Waals surface area contributed by atoms with E-state index < -0.39 is 46.3 Å². The van der Waals surface area contributed by atoms with Crippen LogP contribution in [0.3, 0.4) is 0 Å². The van der Waals surface area contributed by atoms with Gasteiger partial charge in [-0.15, -0.1) is 0 Å². The van der Waals surface area contributed by atoms with Crippen molar-refractivity contribution in [1.82, 2.24) is 15.0 Å². The number of hydrogen-bond acceptors (Lipinski definition) is 5. The van der Waals surface area contributed by atoms with Gasteiger partial charge >= 0.3 is 12.1 Å². The molecule has 3 rings (SSSR count). The number of nitrogens with one attached hydrogen (secondary N) is 1. The Morgan fingerprint density at radius 3 is 2.38 bits per heavy atom. The van der Waals surface area contributed by atoms with Crippen LogP contribution >= 0.6 is 12.6 Å². The lowest BCUT2D eigenvalue weighted by Crippen LogP contribution is -2.24. The molecule has 1 aromatic carbocycles. The van der Waals surface area contributed by atoms with E-state index in [2.05, 4.69) is 32.3 Å². The molecular weight excluding hydrogens is 453 g/mol. The van der Waals surface area contributed by atoms with E-state index in [1.54, 1.807) is 38.1 Å². The number of thiol groups is 1. The molecule has 0 saturated heterocycles. The molecule has 0 aliphatic heterocycles. The standard InChI is InChI=1S/C21H20F5N3O2S/c1-9(2)8-10-13(20(30)31-3)15(18(22)23)29-17(21(24,25)26)14(10)16(32)19-27-11-6-4-5-7-12(11)28-19/h4-7,9,16,18,32H,8H2,1-3H3,(H,27,28). The number of imidazole rings is 1. The molecule has 0 amide bonds. The number of rotatable bonds is 6. The van der Waals surface area contributed by atoms with E-state index in [0.717, 1.165) is 7.11 Å². The molecule has 1 unspecified atom stereocenters. The number of H-pyrrole nitrogens is 1. The third-order valence-electron chi connectivity index (χ3n) is 4.79. The minimum atomic E-state index is -5.08. The number of alkyl halides is 5. The van der Waals surface area contributed by atoms with E-state index in [-0.39, 0.29) is 23.7 Å². The molecular formula is C21H20F5N3O2S. The summed E-state index contributed by atoms with van der Waals surface area (Å²) < 4.78 is 74.1. The summed E-state index contributed by atoms with van der Waals surface area (Å²) in [6.07, 6.45) is -8.61. The van der Waals surface area contributed by atoms with Gasteiger partial charge in [-0.2, -0.15) is 25.8 Å². The number of pyridine rings is 1. The number of nitrogens with zero attached hydrogens (tertiary/aromatic N) is 2. The molecule has 3 aromatic rings. The van der Waals surface area contributed by atoms with Crippen molar-refractivity contribution in [3.8, 4) is 0 Å². The zero-order valence-corrected chi connectivity index (χ0v) is 18.2. The van der Waals surface area contributed by atoms with Gasteiger partial charge in [0.05, 0.1) is 29.0 Å². The Morgan fingerprint density at radius 1 is 1.19 bits per heavy atom. The number of aromatic amines is 1. The normalized spacial score (nSPS) is 13.2. The molecule has 0 spiro atoms. The van der Waals surface area contributed by atoms with Gasteiger partial charge in [0.2, 0.25) is 0 Å². The Labute approximate surface area is 185 Å². The van der Waals surface area contributed by atoms with Crippen molar-refractivity contribution < 1.29 is 31.5 Å². The van der Waals surface area contributed by atoms with Gasteiger partial charge in [-0.05, 0) is 30.0 Å². The molecule has 11 heteroatoms. The van der Waals surface area contributed by atoms with Crippen molar-refractivity contribution in [2.45, 2.75) is 38.1 Å². The second-order valence-electron chi connectivity index (χ2n) is 7.54. The summed E-state index contributed by atoms with van der Waals surface area (Å²) in [6, 6.07) is 6.77. The maximum absolute atomic E-state index is 14.0. The zero-order chi connectivity index (χ0) is 23.8. The number of carbonyl (C=O) groups is 1. The third kappa shape index (κ3) is 4.57. The SMILES string of the molecule is COC(=O)c1c(C(F)F)nc(C(F)(F)F)c(C(S)c2nc3ccccc3[nH]2)c1CC(C)C. The van der Waals surface area contributed by atoms with Crippen molar-refractivity contribution in [3.05, 3.63) is 58.2 Å². The first kappa shape index (κ1) is 24.0. The van der Waals surface area contributed by atoms with E-state index in [0.29, 0.717) is 11.0 Å². The number of methoxy groups -OCH3 is 1. The van der Waals surface area contributed by atoms with Crippen LogP contribution in [0.4, 0.5) is 22.0 Å². The third-order valence-corrected chi connectivity index (χ3v) is 5.29. The molecule has 0 aliphatic carbocycles. The highest BCUT2D eigenvalue weighted by Gasteiger charge is 2.42. The van der Waals surface area contributed by atoms with E-state index in [1.807, 2.05) is 0 Å². The number of fused-ring (bicyclic) bond motifs is 1. The van der Waals surface area contributed by atoms with Crippen LogP contribution in [0.15, 0.2) is 24.3 Å². The molecule has 1 atom stereocenters. The average Bonchev–Trinajstić information content (AvgIpc) is 3.15. The number of benzene rings is 1. The van der Waals surface area contributed by atoms with Gasteiger partial charge in [0.15, 0.2) is 0 Å². The van der Waals surface area contributed by atoms with Crippen LogP contribution < -0.4 is 0 Å². The number of halogens is 5. The molecule has 0 fully saturated rings. The predicted octanol–water partition coefficient (Wildman–Crippen LogP) is 5.92. The fraction of sp³-hybridized carbons (Fsp3) is 0.381.